The average molecular weight is 576 g/mol. The summed E-state index contributed by atoms with van der Waals surface area (Å²) in [6.07, 6.45) is 1.04. The second kappa shape index (κ2) is 15.6. The predicted octanol–water partition coefficient (Wildman–Crippen LogP) is -2.10. The number of aromatic amines is 1. The molecule has 0 bridgehead atoms. The number of imidazole rings is 1. The Bertz CT molecular complexity index is 1220. The number of carboxylic acid groups (broad SMARTS) is 2. The molecule has 1 aromatic heterocycles. The van der Waals surface area contributed by atoms with Gasteiger partial charge in [-0.3, -0.25) is 24.0 Å². The van der Waals surface area contributed by atoms with Gasteiger partial charge in [-0.05, 0) is 37.0 Å². The molecule has 16 nitrogen and oxygen atoms in total. The smallest absolute Gasteiger partial charge is 0.326 e. The van der Waals surface area contributed by atoms with Crippen LogP contribution in [0, 0.1) is 0 Å². The number of aromatic nitrogens is 2. The van der Waals surface area contributed by atoms with Gasteiger partial charge in [0.1, 0.15) is 23.9 Å². The fourth-order valence-corrected chi connectivity index (χ4v) is 3.71. The third-order valence-electron chi connectivity index (χ3n) is 5.91. The Morgan fingerprint density at radius 1 is 0.829 bits per heavy atom. The van der Waals surface area contributed by atoms with Crippen molar-refractivity contribution < 1.29 is 44.1 Å². The molecule has 4 atom stereocenters. The van der Waals surface area contributed by atoms with E-state index in [4.69, 9.17) is 16.6 Å². The fraction of sp³-hybridized carbons (Fsp3) is 0.400. The predicted molar refractivity (Wildman–Crippen MR) is 141 cm³/mol. The molecule has 0 fully saturated rings. The molecule has 0 saturated heterocycles. The van der Waals surface area contributed by atoms with Gasteiger partial charge in [-0.15, -0.1) is 0 Å². The highest BCUT2D eigenvalue weighted by Crippen LogP contribution is 2.11. The number of phenolic OH excluding ortho intramolecular Hbond substituents is 1. The van der Waals surface area contributed by atoms with Crippen LogP contribution in [0.2, 0.25) is 0 Å². The Labute approximate surface area is 233 Å². The first-order valence-corrected chi connectivity index (χ1v) is 12.5. The van der Waals surface area contributed by atoms with Crippen molar-refractivity contribution in [3.63, 3.8) is 0 Å². The Hall–Kier alpha value is -4.99. The first-order chi connectivity index (χ1) is 19.3. The minimum Gasteiger partial charge on any atom is -0.508 e. The number of phenols is 1. The minimum atomic E-state index is -1.50. The van der Waals surface area contributed by atoms with Gasteiger partial charge in [-0.1, -0.05) is 12.1 Å². The number of H-pyrrole nitrogens is 1. The SMILES string of the molecule is NC(=O)CCC(NC(=O)C(N)Cc1ccc(O)cc1)C(=O)NC(CCC(=O)O)C(=O)NC(Cc1cnc[nH]1)C(=O)O. The van der Waals surface area contributed by atoms with Gasteiger partial charge in [0.05, 0.1) is 12.4 Å². The summed E-state index contributed by atoms with van der Waals surface area (Å²) in [6.45, 7) is 0. The summed E-state index contributed by atoms with van der Waals surface area (Å²) in [7, 11) is 0. The van der Waals surface area contributed by atoms with Crippen LogP contribution >= 0.6 is 0 Å². The van der Waals surface area contributed by atoms with E-state index in [2.05, 4.69) is 25.9 Å². The lowest BCUT2D eigenvalue weighted by molar-refractivity contribution is -0.143. The van der Waals surface area contributed by atoms with Gasteiger partial charge in [0.25, 0.3) is 0 Å². The number of nitrogens with one attached hydrogen (secondary N) is 4. The maximum Gasteiger partial charge on any atom is 0.326 e. The number of hydrogen-bond donors (Lipinski definition) is 9. The maximum atomic E-state index is 13.1. The zero-order valence-electron chi connectivity index (χ0n) is 21.9. The number of aromatic hydroxyl groups is 1. The van der Waals surface area contributed by atoms with Crippen LogP contribution in [0.4, 0.5) is 0 Å². The van der Waals surface area contributed by atoms with E-state index in [0.29, 0.717) is 11.3 Å². The number of rotatable bonds is 17. The number of aliphatic carboxylic acids is 2. The van der Waals surface area contributed by atoms with Gasteiger partial charge >= 0.3 is 11.9 Å². The number of carbonyl (C=O) groups excluding carboxylic acids is 4. The topological polar surface area (TPSA) is 280 Å². The van der Waals surface area contributed by atoms with Crippen LogP contribution in [0.1, 0.15) is 36.9 Å². The monoisotopic (exact) mass is 575 g/mol. The molecule has 0 saturated carbocycles. The van der Waals surface area contributed by atoms with Crippen LogP contribution in [0.3, 0.4) is 0 Å². The van der Waals surface area contributed by atoms with Crippen LogP contribution in [0.25, 0.3) is 0 Å². The molecular formula is C25H33N7O9. The van der Waals surface area contributed by atoms with Crippen molar-refractivity contribution in [2.75, 3.05) is 0 Å². The molecule has 2 rings (SSSR count). The zero-order chi connectivity index (χ0) is 30.5. The van der Waals surface area contributed by atoms with Crippen molar-refractivity contribution in [2.24, 2.45) is 11.5 Å². The minimum absolute atomic E-state index is 0.0208. The number of carbonyl (C=O) groups is 6. The number of nitrogens with two attached hydrogens (primary N) is 2. The van der Waals surface area contributed by atoms with Crippen LogP contribution in [0.15, 0.2) is 36.8 Å². The highest BCUT2D eigenvalue weighted by atomic mass is 16.4. The summed E-state index contributed by atoms with van der Waals surface area (Å²) >= 11 is 0. The van der Waals surface area contributed by atoms with E-state index < -0.39 is 72.6 Å². The van der Waals surface area contributed by atoms with Gasteiger partial charge in [0, 0.05) is 31.2 Å². The van der Waals surface area contributed by atoms with Gasteiger partial charge in [0.15, 0.2) is 0 Å². The first kappa shape index (κ1) is 32.2. The molecule has 2 aromatic rings. The Kier molecular flexibility index (Phi) is 12.2. The molecule has 16 heteroatoms. The molecule has 4 unspecified atom stereocenters. The summed E-state index contributed by atoms with van der Waals surface area (Å²) in [5, 5.41) is 35.1. The Balaban J connectivity index is 2.15. The summed E-state index contributed by atoms with van der Waals surface area (Å²) < 4.78 is 0. The van der Waals surface area contributed by atoms with Crippen LogP contribution in [0.5, 0.6) is 5.75 Å². The second-order valence-corrected chi connectivity index (χ2v) is 9.22. The summed E-state index contributed by atoms with van der Waals surface area (Å²) in [5.74, 6) is -6.09. The van der Waals surface area contributed by atoms with E-state index in [1.54, 1.807) is 12.1 Å². The van der Waals surface area contributed by atoms with Crippen LogP contribution < -0.4 is 27.4 Å². The van der Waals surface area contributed by atoms with E-state index in [-0.39, 0.29) is 31.4 Å². The van der Waals surface area contributed by atoms with Crippen LogP contribution in [-0.4, -0.2) is 85.0 Å². The van der Waals surface area contributed by atoms with E-state index in [0.717, 1.165) is 0 Å². The zero-order valence-corrected chi connectivity index (χ0v) is 21.9. The molecule has 0 aliphatic carbocycles. The lowest BCUT2D eigenvalue weighted by atomic mass is 10.0. The quantitative estimate of drug-likeness (QED) is 0.0984. The van der Waals surface area contributed by atoms with Crippen molar-refractivity contribution in [3.8, 4) is 5.75 Å². The summed E-state index contributed by atoms with van der Waals surface area (Å²) in [6, 6.07) is 0.486. The van der Waals surface area contributed by atoms with E-state index in [1.165, 1.54) is 24.7 Å². The summed E-state index contributed by atoms with van der Waals surface area (Å²) in [4.78, 5) is 79.6. The van der Waals surface area contributed by atoms with Gasteiger partial charge < -0.3 is 47.7 Å². The van der Waals surface area contributed by atoms with E-state index >= 15 is 0 Å². The average Bonchev–Trinajstić information content (AvgIpc) is 3.42. The van der Waals surface area contributed by atoms with E-state index in [9.17, 15) is 39.0 Å². The Morgan fingerprint density at radius 3 is 1.90 bits per heavy atom. The molecule has 222 valence electrons. The molecule has 1 aromatic carbocycles. The number of nitrogens with zero attached hydrogens (tertiary/aromatic N) is 1. The highest BCUT2D eigenvalue weighted by molar-refractivity contribution is 5.94. The highest BCUT2D eigenvalue weighted by Gasteiger charge is 2.31. The van der Waals surface area contributed by atoms with Gasteiger partial charge in [-0.25, -0.2) is 9.78 Å². The van der Waals surface area contributed by atoms with Crippen molar-refractivity contribution >= 4 is 35.6 Å². The third-order valence-corrected chi connectivity index (χ3v) is 5.91. The number of carboxylic acids is 2. The normalized spacial score (nSPS) is 13.7. The molecular weight excluding hydrogens is 542 g/mol. The molecule has 0 radical (unpaired) electrons. The molecule has 0 aliphatic heterocycles. The molecule has 0 aliphatic rings. The second-order valence-electron chi connectivity index (χ2n) is 9.22. The molecule has 4 amide bonds. The van der Waals surface area contributed by atoms with E-state index in [1.807, 2.05) is 0 Å². The van der Waals surface area contributed by atoms with Gasteiger partial charge in [0.2, 0.25) is 23.6 Å². The number of amides is 4. The first-order valence-electron chi connectivity index (χ1n) is 12.5. The third kappa shape index (κ3) is 11.3. The molecule has 0 spiro atoms. The lowest BCUT2D eigenvalue weighted by Gasteiger charge is -2.25. The molecule has 1 heterocycles. The Morgan fingerprint density at radius 2 is 1.39 bits per heavy atom. The van der Waals surface area contributed by atoms with Gasteiger partial charge in [-0.2, -0.15) is 0 Å². The van der Waals surface area contributed by atoms with Crippen molar-refractivity contribution in [2.45, 2.75) is 62.7 Å². The lowest BCUT2D eigenvalue weighted by Crippen LogP contribution is -2.57. The largest absolute Gasteiger partial charge is 0.508 e. The standard InChI is InChI=1S/C25H33N7O9/c26-16(9-13-1-3-15(33)4-2-13)22(37)30-17(5-7-20(27)34)23(38)31-18(6-8-21(35)36)24(39)32-19(25(40)41)10-14-11-28-12-29-14/h1-4,11-12,16-19,33H,5-10,26H2,(H2,27,34)(H,28,29)(H,30,37)(H,31,38)(H,32,39)(H,35,36)(H,40,41). The molecule has 41 heavy (non-hydrogen) atoms. The number of primary amides is 1. The summed E-state index contributed by atoms with van der Waals surface area (Å²) in [5.41, 5.74) is 12.2. The van der Waals surface area contributed by atoms with Crippen LogP contribution in [-0.2, 0) is 41.6 Å². The number of benzene rings is 1. The van der Waals surface area contributed by atoms with Crippen molar-refractivity contribution in [1.82, 2.24) is 25.9 Å². The number of hydrogen-bond acceptors (Lipinski definition) is 9. The fourth-order valence-electron chi connectivity index (χ4n) is 3.71. The van der Waals surface area contributed by atoms with Crippen molar-refractivity contribution in [1.29, 1.82) is 0 Å². The maximum absolute atomic E-state index is 13.1. The molecule has 11 N–H and O–H groups in total. The van der Waals surface area contributed by atoms with Crippen molar-refractivity contribution in [3.05, 3.63) is 48.0 Å².